The second-order valence-corrected chi connectivity index (χ2v) is 6.89. The molecule has 112 valence electrons. The minimum absolute atomic E-state index is 0.269. The summed E-state index contributed by atoms with van der Waals surface area (Å²) in [4.78, 5) is 14.3. The first-order valence-electron chi connectivity index (χ1n) is 7.22. The Morgan fingerprint density at radius 1 is 1.40 bits per heavy atom. The van der Waals surface area contributed by atoms with Crippen molar-refractivity contribution >= 4 is 17.3 Å². The lowest BCUT2D eigenvalue weighted by molar-refractivity contribution is 0.0697. The molecule has 0 spiro atoms. The van der Waals surface area contributed by atoms with Crippen LogP contribution in [0.25, 0.3) is 0 Å². The molecule has 5 heteroatoms. The fourth-order valence-corrected chi connectivity index (χ4v) is 3.82. The van der Waals surface area contributed by atoms with Gasteiger partial charge in [0.05, 0.1) is 5.56 Å². The van der Waals surface area contributed by atoms with Crippen molar-refractivity contribution in [2.75, 3.05) is 20.6 Å². The Bertz CT molecular complexity index is 450. The molecule has 0 saturated heterocycles. The van der Waals surface area contributed by atoms with Gasteiger partial charge < -0.3 is 15.3 Å². The molecule has 4 nitrogen and oxygen atoms in total. The highest BCUT2D eigenvalue weighted by molar-refractivity contribution is 7.10. The van der Waals surface area contributed by atoms with E-state index in [0.717, 1.165) is 18.0 Å². The van der Waals surface area contributed by atoms with Gasteiger partial charge in [0.15, 0.2) is 0 Å². The van der Waals surface area contributed by atoms with Crippen LogP contribution in [0.15, 0.2) is 11.4 Å². The largest absolute Gasteiger partial charge is 0.478 e. The van der Waals surface area contributed by atoms with Crippen molar-refractivity contribution in [1.82, 2.24) is 10.2 Å². The Balaban J connectivity index is 1.88. The highest BCUT2D eigenvalue weighted by atomic mass is 32.1. The van der Waals surface area contributed by atoms with Crippen LogP contribution >= 0.6 is 11.3 Å². The first kappa shape index (κ1) is 15.5. The number of thiophene rings is 1. The first-order valence-corrected chi connectivity index (χ1v) is 8.10. The SMILES string of the molecule is CN(C)C1(CNCc2cc(C(=O)O)cs2)CCCCC1. The van der Waals surface area contributed by atoms with Gasteiger partial charge in [-0.2, -0.15) is 0 Å². The highest BCUT2D eigenvalue weighted by Gasteiger charge is 2.33. The summed E-state index contributed by atoms with van der Waals surface area (Å²) >= 11 is 1.51. The van der Waals surface area contributed by atoms with E-state index in [2.05, 4.69) is 24.3 Å². The third-order valence-electron chi connectivity index (χ3n) is 4.39. The number of hydrogen-bond donors (Lipinski definition) is 2. The molecule has 1 aromatic rings. The molecule has 0 radical (unpaired) electrons. The summed E-state index contributed by atoms with van der Waals surface area (Å²) in [6.45, 7) is 1.73. The maximum atomic E-state index is 10.9. The second-order valence-electron chi connectivity index (χ2n) is 5.89. The summed E-state index contributed by atoms with van der Waals surface area (Å²) in [5.41, 5.74) is 0.664. The zero-order valence-electron chi connectivity index (χ0n) is 12.3. The summed E-state index contributed by atoms with van der Waals surface area (Å²) in [7, 11) is 4.33. The van der Waals surface area contributed by atoms with Crippen LogP contribution in [-0.4, -0.2) is 42.2 Å². The van der Waals surface area contributed by atoms with Gasteiger partial charge in [-0.15, -0.1) is 11.3 Å². The maximum Gasteiger partial charge on any atom is 0.336 e. The Kier molecular flexibility index (Phi) is 5.18. The zero-order chi connectivity index (χ0) is 14.6. The summed E-state index contributed by atoms with van der Waals surface area (Å²) in [6.07, 6.45) is 6.46. The Labute approximate surface area is 124 Å². The third kappa shape index (κ3) is 3.59. The molecule has 1 aromatic heterocycles. The lowest BCUT2D eigenvalue weighted by Gasteiger charge is -2.43. The number of carboxylic acid groups (broad SMARTS) is 1. The molecule has 0 unspecified atom stereocenters. The standard InChI is InChI=1S/C15H24N2O2S/c1-17(2)15(6-4-3-5-7-15)11-16-9-13-8-12(10-20-13)14(18)19/h8,10,16H,3-7,9,11H2,1-2H3,(H,18,19). The van der Waals surface area contributed by atoms with E-state index in [1.165, 1.54) is 43.4 Å². The molecule has 1 heterocycles. The molecule has 0 aromatic carbocycles. The number of carbonyl (C=O) groups is 1. The molecule has 1 aliphatic carbocycles. The van der Waals surface area contributed by atoms with E-state index in [1.807, 2.05) is 0 Å². The molecular formula is C15H24N2O2S. The van der Waals surface area contributed by atoms with Crippen molar-refractivity contribution < 1.29 is 9.90 Å². The summed E-state index contributed by atoms with van der Waals surface area (Å²) < 4.78 is 0. The number of aromatic carboxylic acids is 1. The molecule has 0 amide bonds. The quantitative estimate of drug-likeness (QED) is 0.847. The minimum atomic E-state index is -0.843. The van der Waals surface area contributed by atoms with Gasteiger partial charge in [0.1, 0.15) is 0 Å². The van der Waals surface area contributed by atoms with Gasteiger partial charge in [0.25, 0.3) is 0 Å². The fourth-order valence-electron chi connectivity index (χ4n) is 3.00. The smallest absolute Gasteiger partial charge is 0.336 e. The van der Waals surface area contributed by atoms with Gasteiger partial charge >= 0.3 is 5.97 Å². The van der Waals surface area contributed by atoms with Crippen LogP contribution in [0.3, 0.4) is 0 Å². The van der Waals surface area contributed by atoms with Crippen LogP contribution in [0.4, 0.5) is 0 Å². The second kappa shape index (κ2) is 6.70. The summed E-state index contributed by atoms with van der Waals surface area (Å²) in [5, 5.41) is 14.2. The molecular weight excluding hydrogens is 272 g/mol. The number of hydrogen-bond acceptors (Lipinski definition) is 4. The van der Waals surface area contributed by atoms with Gasteiger partial charge in [-0.25, -0.2) is 4.79 Å². The zero-order valence-corrected chi connectivity index (χ0v) is 13.1. The molecule has 2 N–H and O–H groups in total. The number of likely N-dealkylation sites (N-methyl/N-ethyl adjacent to an activating group) is 1. The normalized spacial score (nSPS) is 18.4. The van der Waals surface area contributed by atoms with E-state index in [-0.39, 0.29) is 5.54 Å². The van der Waals surface area contributed by atoms with Gasteiger partial charge in [-0.3, -0.25) is 0 Å². The molecule has 0 atom stereocenters. The van der Waals surface area contributed by atoms with E-state index in [1.54, 1.807) is 11.4 Å². The van der Waals surface area contributed by atoms with Crippen molar-refractivity contribution in [3.05, 3.63) is 21.9 Å². The molecule has 1 fully saturated rings. The third-order valence-corrected chi connectivity index (χ3v) is 5.32. The van der Waals surface area contributed by atoms with Gasteiger partial charge in [0.2, 0.25) is 0 Å². The van der Waals surface area contributed by atoms with Crippen molar-refractivity contribution in [2.24, 2.45) is 0 Å². The van der Waals surface area contributed by atoms with Crippen LogP contribution < -0.4 is 5.32 Å². The molecule has 0 bridgehead atoms. The first-order chi connectivity index (χ1) is 9.53. The molecule has 1 aliphatic rings. The number of rotatable bonds is 6. The number of carboxylic acids is 1. The lowest BCUT2D eigenvalue weighted by Crippen LogP contribution is -2.52. The number of nitrogens with one attached hydrogen (secondary N) is 1. The monoisotopic (exact) mass is 296 g/mol. The molecule has 20 heavy (non-hydrogen) atoms. The van der Waals surface area contributed by atoms with E-state index in [9.17, 15) is 4.79 Å². The topological polar surface area (TPSA) is 52.6 Å². The predicted molar refractivity (Wildman–Crippen MR) is 82.5 cm³/mol. The molecule has 2 rings (SSSR count). The van der Waals surface area contributed by atoms with Crippen LogP contribution in [-0.2, 0) is 6.54 Å². The van der Waals surface area contributed by atoms with E-state index in [4.69, 9.17) is 5.11 Å². The van der Waals surface area contributed by atoms with Crippen LogP contribution in [0.2, 0.25) is 0 Å². The van der Waals surface area contributed by atoms with Crippen molar-refractivity contribution in [3.8, 4) is 0 Å². The van der Waals surface area contributed by atoms with Gasteiger partial charge in [-0.1, -0.05) is 19.3 Å². The average Bonchev–Trinajstić information content (AvgIpc) is 2.89. The highest BCUT2D eigenvalue weighted by Crippen LogP contribution is 2.31. The van der Waals surface area contributed by atoms with Crippen molar-refractivity contribution in [1.29, 1.82) is 0 Å². The minimum Gasteiger partial charge on any atom is -0.478 e. The van der Waals surface area contributed by atoms with E-state index in [0.29, 0.717) is 5.56 Å². The Morgan fingerprint density at radius 3 is 2.65 bits per heavy atom. The summed E-state index contributed by atoms with van der Waals surface area (Å²) in [5.74, 6) is -0.843. The summed E-state index contributed by atoms with van der Waals surface area (Å²) in [6, 6.07) is 1.77. The fraction of sp³-hybridized carbons (Fsp3) is 0.667. The Morgan fingerprint density at radius 2 is 2.10 bits per heavy atom. The van der Waals surface area contributed by atoms with Gasteiger partial charge in [-0.05, 0) is 33.0 Å². The van der Waals surface area contributed by atoms with Crippen LogP contribution in [0.1, 0.15) is 47.3 Å². The van der Waals surface area contributed by atoms with E-state index >= 15 is 0 Å². The predicted octanol–water partition coefficient (Wildman–Crippen LogP) is 2.80. The van der Waals surface area contributed by atoms with Crippen molar-refractivity contribution in [3.63, 3.8) is 0 Å². The van der Waals surface area contributed by atoms with Crippen molar-refractivity contribution in [2.45, 2.75) is 44.2 Å². The number of nitrogens with zero attached hydrogens (tertiary/aromatic N) is 1. The Hall–Kier alpha value is -0.910. The lowest BCUT2D eigenvalue weighted by atomic mass is 9.80. The maximum absolute atomic E-state index is 10.9. The molecule has 0 aliphatic heterocycles. The molecule has 1 saturated carbocycles. The van der Waals surface area contributed by atoms with Crippen LogP contribution in [0, 0.1) is 0 Å². The van der Waals surface area contributed by atoms with Crippen LogP contribution in [0.5, 0.6) is 0 Å². The van der Waals surface area contributed by atoms with E-state index < -0.39 is 5.97 Å². The van der Waals surface area contributed by atoms with Gasteiger partial charge in [0, 0.05) is 28.9 Å². The average molecular weight is 296 g/mol.